The van der Waals surface area contributed by atoms with Crippen molar-refractivity contribution in [3.63, 3.8) is 0 Å². The highest BCUT2D eigenvalue weighted by atomic mass is 79.9. The van der Waals surface area contributed by atoms with Crippen LogP contribution in [0, 0.1) is 0 Å². The Balaban J connectivity index is 2.99. The number of ether oxygens (including phenoxy) is 1. The lowest BCUT2D eigenvalue weighted by Crippen LogP contribution is -2.25. The van der Waals surface area contributed by atoms with E-state index in [1.54, 1.807) is 31.2 Å². The third-order valence-electron chi connectivity index (χ3n) is 2.02. The zero-order valence-corrected chi connectivity index (χ0v) is 10.7. The van der Waals surface area contributed by atoms with Crippen LogP contribution in [0.15, 0.2) is 28.7 Å². The molecule has 90 valence electrons. The Hall–Kier alpha value is -1.49. The van der Waals surface area contributed by atoms with Gasteiger partial charge in [0.05, 0.1) is 6.61 Å². The van der Waals surface area contributed by atoms with Crippen LogP contribution in [0.1, 0.15) is 18.6 Å². The molecule has 0 fully saturated rings. The normalized spacial score (nSPS) is 11.5. The van der Waals surface area contributed by atoms with E-state index in [-0.39, 0.29) is 6.61 Å². The number of hydrogen-bond donors (Lipinski definition) is 1. The molecule has 1 unspecified atom stereocenters. The van der Waals surface area contributed by atoms with Crippen molar-refractivity contribution in [2.75, 3.05) is 6.61 Å². The molecule has 0 aliphatic rings. The Kier molecular flexibility index (Phi) is 5.03. The number of carbonyl (C=O) groups excluding carboxylic acids is 1. The molecule has 0 saturated carbocycles. The molecule has 5 nitrogen and oxygen atoms in total. The molecule has 0 aliphatic carbocycles. The molecule has 0 bridgehead atoms. The third kappa shape index (κ3) is 3.49. The quantitative estimate of drug-likeness (QED) is 0.397. The van der Waals surface area contributed by atoms with E-state index >= 15 is 0 Å². The van der Waals surface area contributed by atoms with E-state index < -0.39 is 17.8 Å². The van der Waals surface area contributed by atoms with Crippen molar-refractivity contribution >= 4 is 27.6 Å². The Morgan fingerprint density at radius 1 is 1.65 bits per heavy atom. The summed E-state index contributed by atoms with van der Waals surface area (Å²) in [5.74, 6) is -0.845. The van der Waals surface area contributed by atoms with Gasteiger partial charge in [0, 0.05) is 4.47 Å². The fourth-order valence-corrected chi connectivity index (χ4v) is 1.66. The molecule has 1 rings (SSSR count). The monoisotopic (exact) mass is 298 g/mol. The minimum absolute atomic E-state index is 0.142. The molecule has 17 heavy (non-hydrogen) atoms. The van der Waals surface area contributed by atoms with Crippen molar-refractivity contribution < 1.29 is 19.4 Å². The average Bonchev–Trinajstić information content (AvgIpc) is 2.30. The van der Waals surface area contributed by atoms with Crippen LogP contribution in [0.2, 0.25) is 0 Å². The summed E-state index contributed by atoms with van der Waals surface area (Å²) in [7, 11) is 0. The predicted octanol–water partition coefficient (Wildman–Crippen LogP) is 1.72. The van der Waals surface area contributed by atoms with Gasteiger partial charge in [-0.15, -0.1) is 0 Å². The molecule has 1 atom stereocenters. The SMILES string of the molecule is CCOC(=O)C(=[N+]=[N-])C(O)c1cccc(Br)c1. The molecule has 0 aromatic heterocycles. The van der Waals surface area contributed by atoms with Crippen LogP contribution in [0.3, 0.4) is 0 Å². The Morgan fingerprint density at radius 2 is 2.35 bits per heavy atom. The van der Waals surface area contributed by atoms with Gasteiger partial charge < -0.3 is 15.4 Å². The van der Waals surface area contributed by atoms with Crippen molar-refractivity contribution in [2.45, 2.75) is 13.0 Å². The molecular weight excluding hydrogens is 288 g/mol. The number of nitrogens with zero attached hydrogens (tertiary/aromatic N) is 2. The molecule has 0 amide bonds. The van der Waals surface area contributed by atoms with E-state index in [9.17, 15) is 9.90 Å². The number of rotatable bonds is 4. The van der Waals surface area contributed by atoms with E-state index in [0.29, 0.717) is 5.56 Å². The first-order valence-corrected chi connectivity index (χ1v) is 5.72. The number of aliphatic hydroxyl groups is 1. The second kappa shape index (κ2) is 6.30. The second-order valence-corrected chi connectivity index (χ2v) is 4.08. The highest BCUT2D eigenvalue weighted by molar-refractivity contribution is 9.10. The molecule has 0 heterocycles. The highest BCUT2D eigenvalue weighted by Gasteiger charge is 2.32. The molecule has 1 aromatic carbocycles. The first-order chi connectivity index (χ1) is 8.10. The average molecular weight is 299 g/mol. The van der Waals surface area contributed by atoms with Crippen LogP contribution in [0.4, 0.5) is 0 Å². The van der Waals surface area contributed by atoms with Crippen LogP contribution in [-0.4, -0.2) is 28.2 Å². The van der Waals surface area contributed by atoms with Crippen LogP contribution in [0.5, 0.6) is 0 Å². The lowest BCUT2D eigenvalue weighted by atomic mass is 10.1. The van der Waals surface area contributed by atoms with Gasteiger partial charge in [-0.2, -0.15) is 4.79 Å². The topological polar surface area (TPSA) is 82.9 Å². The first kappa shape index (κ1) is 13.6. The lowest BCUT2D eigenvalue weighted by molar-refractivity contribution is -0.141. The second-order valence-electron chi connectivity index (χ2n) is 3.16. The minimum Gasteiger partial charge on any atom is -0.457 e. The smallest absolute Gasteiger partial charge is 0.420 e. The zero-order chi connectivity index (χ0) is 12.8. The predicted molar refractivity (Wildman–Crippen MR) is 64.4 cm³/mol. The van der Waals surface area contributed by atoms with Gasteiger partial charge in [0.2, 0.25) is 0 Å². The maximum Gasteiger partial charge on any atom is 0.420 e. The third-order valence-corrected chi connectivity index (χ3v) is 2.51. The molecule has 0 spiro atoms. The van der Waals surface area contributed by atoms with Gasteiger partial charge in [-0.25, -0.2) is 4.79 Å². The summed E-state index contributed by atoms with van der Waals surface area (Å²) in [6.45, 7) is 1.77. The van der Waals surface area contributed by atoms with E-state index in [1.165, 1.54) is 0 Å². The number of halogens is 1. The van der Waals surface area contributed by atoms with Crippen molar-refractivity contribution in [1.82, 2.24) is 0 Å². The van der Waals surface area contributed by atoms with Crippen LogP contribution in [0.25, 0.3) is 5.53 Å². The summed E-state index contributed by atoms with van der Waals surface area (Å²) in [6, 6.07) is 6.70. The van der Waals surface area contributed by atoms with Gasteiger partial charge in [-0.3, -0.25) is 0 Å². The van der Waals surface area contributed by atoms with Crippen molar-refractivity contribution in [3.05, 3.63) is 39.8 Å². The lowest BCUT2D eigenvalue weighted by Gasteiger charge is -2.06. The number of aliphatic hydroxyl groups excluding tert-OH is 1. The summed E-state index contributed by atoms with van der Waals surface area (Å²) in [5.41, 5.74) is 8.73. The zero-order valence-electron chi connectivity index (χ0n) is 9.13. The van der Waals surface area contributed by atoms with E-state index in [4.69, 9.17) is 5.53 Å². The largest absolute Gasteiger partial charge is 0.457 e. The van der Waals surface area contributed by atoms with Gasteiger partial charge in [-0.1, -0.05) is 28.1 Å². The molecule has 6 heteroatoms. The summed E-state index contributed by atoms with van der Waals surface area (Å²) < 4.78 is 5.41. The maximum absolute atomic E-state index is 11.4. The van der Waals surface area contributed by atoms with Crippen LogP contribution >= 0.6 is 15.9 Å². The minimum atomic E-state index is -1.32. The van der Waals surface area contributed by atoms with Crippen molar-refractivity contribution in [1.29, 1.82) is 0 Å². The van der Waals surface area contributed by atoms with Crippen molar-refractivity contribution in [3.8, 4) is 0 Å². The highest BCUT2D eigenvalue weighted by Crippen LogP contribution is 2.19. The summed E-state index contributed by atoms with van der Waals surface area (Å²) >= 11 is 3.24. The molecule has 1 aromatic rings. The molecular formula is C11H11BrN2O3. The van der Waals surface area contributed by atoms with E-state index in [2.05, 4.69) is 25.5 Å². The van der Waals surface area contributed by atoms with Crippen LogP contribution < -0.4 is 0 Å². The van der Waals surface area contributed by atoms with Gasteiger partial charge >= 0.3 is 11.7 Å². The van der Waals surface area contributed by atoms with E-state index in [1.807, 2.05) is 0 Å². The molecule has 0 aliphatic heterocycles. The number of hydrogen-bond acceptors (Lipinski definition) is 3. The molecule has 1 N–H and O–H groups in total. The summed E-state index contributed by atoms with van der Waals surface area (Å²) in [6.07, 6.45) is -1.32. The molecule has 0 saturated heterocycles. The van der Waals surface area contributed by atoms with Gasteiger partial charge in [0.15, 0.2) is 6.10 Å². The standard InChI is InChI=1S/C11H11BrN2O3/c1-2-17-11(16)9(14-13)10(15)7-4-3-5-8(12)6-7/h3-6,10,15H,2H2,1H3. The Morgan fingerprint density at radius 3 is 2.88 bits per heavy atom. The van der Waals surface area contributed by atoms with Gasteiger partial charge in [-0.05, 0) is 24.6 Å². The van der Waals surface area contributed by atoms with Gasteiger partial charge in [0.1, 0.15) is 0 Å². The Bertz CT molecular complexity index is 470. The number of esters is 1. The fourth-order valence-electron chi connectivity index (χ4n) is 1.25. The molecule has 0 radical (unpaired) electrons. The first-order valence-electron chi connectivity index (χ1n) is 4.92. The fraction of sp³-hybridized carbons (Fsp3) is 0.273. The Labute approximate surface area is 107 Å². The summed E-state index contributed by atoms with van der Waals surface area (Å²) in [4.78, 5) is 14.2. The van der Waals surface area contributed by atoms with E-state index in [0.717, 1.165) is 4.47 Å². The maximum atomic E-state index is 11.4. The van der Waals surface area contributed by atoms with Crippen LogP contribution in [-0.2, 0) is 9.53 Å². The number of carbonyl (C=O) groups is 1. The van der Waals surface area contributed by atoms with Crippen molar-refractivity contribution in [2.24, 2.45) is 0 Å². The number of benzene rings is 1. The summed E-state index contributed by atoms with van der Waals surface area (Å²) in [5, 5.41) is 9.89. The van der Waals surface area contributed by atoms with Gasteiger partial charge in [0.25, 0.3) is 0 Å².